The van der Waals surface area contributed by atoms with Gasteiger partial charge in [0.15, 0.2) is 0 Å². The molecule has 13 heteroatoms. The van der Waals surface area contributed by atoms with Gasteiger partial charge >= 0.3 is 0 Å². The molecule has 1 unspecified atom stereocenters. The highest BCUT2D eigenvalue weighted by molar-refractivity contribution is 4.42. The number of aliphatic hydroxyl groups is 2. The molecular formula is C12H42N6O7. The normalized spacial score (nSPS) is 10.2. The summed E-state index contributed by atoms with van der Waals surface area (Å²) < 4.78 is 25.8. The molecule has 0 aliphatic heterocycles. The topological polar surface area (TPSA) is 288 Å². The van der Waals surface area contributed by atoms with Gasteiger partial charge in [-0.25, -0.2) is 0 Å². The van der Waals surface area contributed by atoms with Crippen LogP contribution in [0.3, 0.4) is 0 Å². The fourth-order valence-electron chi connectivity index (χ4n) is 1.14. The van der Waals surface area contributed by atoms with Crippen LogP contribution in [0.2, 0.25) is 0 Å². The van der Waals surface area contributed by atoms with Crippen molar-refractivity contribution in [2.24, 2.45) is 5.73 Å². The van der Waals surface area contributed by atoms with Crippen LogP contribution in [-0.2, 0) is 23.7 Å². The Morgan fingerprint density at radius 2 is 0.880 bits per heavy atom. The summed E-state index contributed by atoms with van der Waals surface area (Å²) >= 11 is 0. The zero-order chi connectivity index (χ0) is 14.9. The van der Waals surface area contributed by atoms with Crippen molar-refractivity contribution in [3.8, 4) is 0 Å². The van der Waals surface area contributed by atoms with Crippen molar-refractivity contribution in [3.63, 3.8) is 0 Å². The number of aliphatic hydroxyl groups excluding tert-OH is 2. The maximum absolute atomic E-state index is 8.60. The van der Waals surface area contributed by atoms with Gasteiger partial charge in [0.2, 0.25) is 0 Å². The van der Waals surface area contributed by atoms with E-state index in [1.54, 1.807) is 0 Å². The van der Waals surface area contributed by atoms with Crippen LogP contribution in [0, 0.1) is 0 Å². The van der Waals surface area contributed by atoms with Crippen LogP contribution < -0.4 is 36.5 Å². The van der Waals surface area contributed by atoms with Gasteiger partial charge < -0.3 is 70.4 Å². The van der Waals surface area contributed by atoms with Crippen molar-refractivity contribution in [3.05, 3.63) is 0 Å². The summed E-state index contributed by atoms with van der Waals surface area (Å²) in [6.45, 7) is 3.83. The predicted molar refractivity (Wildman–Crippen MR) is 96.5 cm³/mol. The van der Waals surface area contributed by atoms with Crippen LogP contribution in [-0.4, -0.2) is 89.1 Å². The van der Waals surface area contributed by atoms with E-state index < -0.39 is 6.23 Å². The van der Waals surface area contributed by atoms with Gasteiger partial charge in [0, 0.05) is 0 Å². The first-order chi connectivity index (χ1) is 9.81. The Bertz CT molecular complexity index is 199. The van der Waals surface area contributed by atoms with Gasteiger partial charge in [-0.1, -0.05) is 0 Å². The standard InChI is InChI=1S/C12H27NO7.5H3N/c13-12(11-15)20-10-9-19-8-7-18-6-5-17-4-3-16-2-1-14;;;;;/h12,14-15H,1-11,13H2;5*1H3. The van der Waals surface area contributed by atoms with Crippen LogP contribution in [0.25, 0.3) is 0 Å². The molecular weight excluding hydrogens is 340 g/mol. The second kappa shape index (κ2) is 34.7. The van der Waals surface area contributed by atoms with Gasteiger partial charge in [0.25, 0.3) is 0 Å². The van der Waals surface area contributed by atoms with E-state index in [0.29, 0.717) is 59.5 Å². The Balaban J connectivity index is -0.000000180. The highest BCUT2D eigenvalue weighted by atomic mass is 16.6. The average Bonchev–Trinajstić information content (AvgIpc) is 2.47. The molecule has 0 aliphatic rings. The first kappa shape index (κ1) is 39.5. The van der Waals surface area contributed by atoms with Crippen molar-refractivity contribution in [1.29, 1.82) is 0 Å². The molecule has 0 bridgehead atoms. The van der Waals surface area contributed by atoms with Crippen molar-refractivity contribution in [2.45, 2.75) is 6.23 Å². The molecule has 0 aromatic heterocycles. The number of hydrogen-bond donors (Lipinski definition) is 8. The number of nitrogens with two attached hydrogens (primary N) is 1. The fourth-order valence-corrected chi connectivity index (χ4v) is 1.14. The van der Waals surface area contributed by atoms with E-state index in [2.05, 4.69) is 0 Å². The molecule has 0 aliphatic carbocycles. The molecule has 0 amide bonds. The summed E-state index contributed by atoms with van der Waals surface area (Å²) in [6.07, 6.45) is -0.645. The van der Waals surface area contributed by atoms with Gasteiger partial charge in [0.05, 0.1) is 72.7 Å². The maximum atomic E-state index is 8.60. The maximum Gasteiger partial charge on any atom is 0.129 e. The molecule has 25 heavy (non-hydrogen) atoms. The Morgan fingerprint density at radius 3 is 1.20 bits per heavy atom. The molecule has 13 nitrogen and oxygen atoms in total. The molecule has 0 saturated carbocycles. The minimum Gasteiger partial charge on any atom is -0.394 e. The molecule has 19 N–H and O–H groups in total. The van der Waals surface area contributed by atoms with E-state index in [0.717, 1.165) is 0 Å². The molecule has 0 rings (SSSR count). The first-order valence-corrected chi connectivity index (χ1v) is 6.71. The van der Waals surface area contributed by atoms with Gasteiger partial charge in [-0.3, -0.25) is 0 Å². The van der Waals surface area contributed by atoms with E-state index in [9.17, 15) is 0 Å². The lowest BCUT2D eigenvalue weighted by atomic mass is 10.6. The molecule has 0 radical (unpaired) electrons. The van der Waals surface area contributed by atoms with Gasteiger partial charge in [-0.2, -0.15) is 0 Å². The quantitative estimate of drug-likeness (QED) is 0.119. The molecule has 0 aromatic carbocycles. The lowest BCUT2D eigenvalue weighted by molar-refractivity contribution is -0.0327. The third kappa shape index (κ3) is 35.5. The van der Waals surface area contributed by atoms with Crippen LogP contribution in [0.1, 0.15) is 0 Å². The summed E-state index contributed by atoms with van der Waals surface area (Å²) in [5.74, 6) is 0. The molecule has 1 atom stereocenters. The third-order valence-electron chi connectivity index (χ3n) is 2.09. The molecule has 0 heterocycles. The smallest absolute Gasteiger partial charge is 0.129 e. The molecule has 0 saturated heterocycles. The van der Waals surface area contributed by atoms with Gasteiger partial charge in [0.1, 0.15) is 6.23 Å². The minimum atomic E-state index is -0.645. The van der Waals surface area contributed by atoms with Crippen molar-refractivity contribution >= 4 is 0 Å². The lowest BCUT2D eigenvalue weighted by Crippen LogP contribution is -2.29. The Kier molecular flexibility index (Phi) is 54.9. The summed E-state index contributed by atoms with van der Waals surface area (Å²) in [6, 6.07) is 0. The SMILES string of the molecule is N.N.N.N.N.NC(CO)OCCOCCOCCOCCOCCO. The van der Waals surface area contributed by atoms with E-state index in [1.165, 1.54) is 0 Å². The van der Waals surface area contributed by atoms with Gasteiger partial charge in [-0.05, 0) is 0 Å². The van der Waals surface area contributed by atoms with E-state index in [-0.39, 0.29) is 44.0 Å². The number of hydrogen-bond acceptors (Lipinski definition) is 13. The van der Waals surface area contributed by atoms with E-state index in [1.807, 2.05) is 0 Å². The highest BCUT2D eigenvalue weighted by Crippen LogP contribution is 1.85. The summed E-state index contributed by atoms with van der Waals surface area (Å²) in [4.78, 5) is 0. The highest BCUT2D eigenvalue weighted by Gasteiger charge is 1.98. The summed E-state index contributed by atoms with van der Waals surface area (Å²) in [5, 5.41) is 17.1. The van der Waals surface area contributed by atoms with E-state index >= 15 is 0 Å². The van der Waals surface area contributed by atoms with Gasteiger partial charge in [-0.15, -0.1) is 0 Å². The van der Waals surface area contributed by atoms with Crippen LogP contribution in [0.4, 0.5) is 0 Å². The summed E-state index contributed by atoms with van der Waals surface area (Å²) in [7, 11) is 0. The minimum absolute atomic E-state index is 0. The van der Waals surface area contributed by atoms with E-state index in [4.69, 9.17) is 39.6 Å². The lowest BCUT2D eigenvalue weighted by Gasteiger charge is -2.10. The Hall–Kier alpha value is -0.520. The van der Waals surface area contributed by atoms with Crippen LogP contribution in [0.15, 0.2) is 0 Å². The molecule has 0 spiro atoms. The van der Waals surface area contributed by atoms with Crippen molar-refractivity contribution in [2.75, 3.05) is 72.7 Å². The molecule has 0 aromatic rings. The Labute approximate surface area is 150 Å². The second-order valence-corrected chi connectivity index (χ2v) is 3.76. The zero-order valence-electron chi connectivity index (χ0n) is 15.4. The third-order valence-corrected chi connectivity index (χ3v) is 2.09. The Morgan fingerprint density at radius 1 is 0.560 bits per heavy atom. The second-order valence-electron chi connectivity index (χ2n) is 3.76. The van der Waals surface area contributed by atoms with Crippen LogP contribution in [0.5, 0.6) is 0 Å². The van der Waals surface area contributed by atoms with Crippen molar-refractivity contribution < 1.29 is 33.9 Å². The predicted octanol–water partition coefficient (Wildman–Crippen LogP) is -0.851. The monoisotopic (exact) mass is 382 g/mol. The summed E-state index contributed by atoms with van der Waals surface area (Å²) in [5.41, 5.74) is 5.33. The molecule has 0 fully saturated rings. The number of ether oxygens (including phenoxy) is 5. The average molecular weight is 383 g/mol. The number of rotatable bonds is 16. The zero-order valence-corrected chi connectivity index (χ0v) is 15.4. The first-order valence-electron chi connectivity index (χ1n) is 6.71. The van der Waals surface area contributed by atoms with Crippen molar-refractivity contribution in [1.82, 2.24) is 30.8 Å². The van der Waals surface area contributed by atoms with Crippen LogP contribution >= 0.6 is 0 Å². The molecule has 162 valence electrons. The largest absolute Gasteiger partial charge is 0.394 e. The fraction of sp³-hybridized carbons (Fsp3) is 1.00.